The molecule has 1 aromatic rings. The molecule has 1 saturated carbocycles. The quantitative estimate of drug-likeness (QED) is 0.642. The molecule has 0 radical (unpaired) electrons. The third-order valence-electron chi connectivity index (χ3n) is 4.78. The fraction of sp³-hybridized carbons (Fsp3) is 0.700. The minimum absolute atomic E-state index is 0.569. The number of nitrogens with one attached hydrogen (secondary N) is 1. The van der Waals surface area contributed by atoms with Gasteiger partial charge in [-0.05, 0) is 25.3 Å². The summed E-state index contributed by atoms with van der Waals surface area (Å²) in [5.74, 6) is 1.92. The number of para-hydroxylation sites is 1. The molecule has 3 nitrogen and oxygen atoms in total. The minimum Gasteiger partial charge on any atom is -0.493 e. The molecule has 1 aromatic carbocycles. The number of rotatable bonds is 10. The van der Waals surface area contributed by atoms with Crippen molar-refractivity contribution in [2.75, 3.05) is 20.3 Å². The summed E-state index contributed by atoms with van der Waals surface area (Å²) in [5.41, 5.74) is 1.25. The zero-order valence-corrected chi connectivity index (χ0v) is 14.9. The first-order chi connectivity index (χ1) is 11.3. The highest BCUT2D eigenvalue weighted by Gasteiger charge is 2.16. The summed E-state index contributed by atoms with van der Waals surface area (Å²) in [6.07, 6.45) is 9.36. The molecule has 2 rings (SSSR count). The normalized spacial score (nSPS) is 17.1. The number of hydrogen-bond acceptors (Lipinski definition) is 3. The summed E-state index contributed by atoms with van der Waals surface area (Å²) >= 11 is 0. The fourth-order valence-corrected chi connectivity index (χ4v) is 3.47. The average molecular weight is 319 g/mol. The molecule has 0 heterocycles. The Morgan fingerprint density at radius 3 is 2.70 bits per heavy atom. The van der Waals surface area contributed by atoms with Gasteiger partial charge >= 0.3 is 0 Å². The van der Waals surface area contributed by atoms with E-state index in [1.54, 1.807) is 7.11 Å². The molecule has 0 aromatic heterocycles. The second-order valence-electron chi connectivity index (χ2n) is 6.82. The monoisotopic (exact) mass is 319 g/mol. The molecular weight excluding hydrogens is 286 g/mol. The summed E-state index contributed by atoms with van der Waals surface area (Å²) in [5, 5.41) is 3.68. The van der Waals surface area contributed by atoms with E-state index in [2.05, 4.69) is 30.4 Å². The Balaban J connectivity index is 1.75. The van der Waals surface area contributed by atoms with Gasteiger partial charge in [0, 0.05) is 38.3 Å². The largest absolute Gasteiger partial charge is 0.493 e. The highest BCUT2D eigenvalue weighted by Crippen LogP contribution is 2.27. The van der Waals surface area contributed by atoms with Gasteiger partial charge in [0.1, 0.15) is 5.75 Å². The molecule has 0 aliphatic heterocycles. The van der Waals surface area contributed by atoms with Crippen LogP contribution in [-0.4, -0.2) is 26.4 Å². The van der Waals surface area contributed by atoms with Gasteiger partial charge in [0.15, 0.2) is 0 Å². The van der Waals surface area contributed by atoms with Crippen molar-refractivity contribution in [1.82, 2.24) is 5.32 Å². The standard InChI is InChI=1S/C20H33NO2/c1-17(15-18-9-4-3-5-10-18)21-16-19-11-6-7-12-20(19)23-14-8-13-22-2/h6-7,11-12,17-18,21H,3-5,8-10,13-16H2,1-2H3. The lowest BCUT2D eigenvalue weighted by Gasteiger charge is -2.25. The van der Waals surface area contributed by atoms with Crippen LogP contribution in [0, 0.1) is 5.92 Å². The number of hydrogen-bond donors (Lipinski definition) is 1. The molecule has 1 fully saturated rings. The van der Waals surface area contributed by atoms with Crippen molar-refractivity contribution in [3.05, 3.63) is 29.8 Å². The third kappa shape index (κ3) is 6.92. The molecule has 1 aliphatic carbocycles. The van der Waals surface area contributed by atoms with Gasteiger partial charge in [-0.2, -0.15) is 0 Å². The van der Waals surface area contributed by atoms with E-state index in [1.807, 2.05) is 6.07 Å². The van der Waals surface area contributed by atoms with Gasteiger partial charge in [0.05, 0.1) is 6.61 Å². The molecule has 1 unspecified atom stereocenters. The van der Waals surface area contributed by atoms with Crippen LogP contribution in [-0.2, 0) is 11.3 Å². The SMILES string of the molecule is COCCCOc1ccccc1CNC(C)CC1CCCCC1. The van der Waals surface area contributed by atoms with E-state index in [4.69, 9.17) is 9.47 Å². The lowest BCUT2D eigenvalue weighted by molar-refractivity contribution is 0.171. The second kappa shape index (κ2) is 10.7. The maximum Gasteiger partial charge on any atom is 0.123 e. The van der Waals surface area contributed by atoms with Gasteiger partial charge in [-0.25, -0.2) is 0 Å². The first-order valence-corrected chi connectivity index (χ1v) is 9.22. The smallest absolute Gasteiger partial charge is 0.123 e. The zero-order chi connectivity index (χ0) is 16.3. The van der Waals surface area contributed by atoms with Gasteiger partial charge in [-0.3, -0.25) is 0 Å². The highest BCUT2D eigenvalue weighted by atomic mass is 16.5. The molecule has 130 valence electrons. The van der Waals surface area contributed by atoms with Crippen LogP contribution in [0.25, 0.3) is 0 Å². The maximum absolute atomic E-state index is 5.90. The fourth-order valence-electron chi connectivity index (χ4n) is 3.47. The zero-order valence-electron chi connectivity index (χ0n) is 14.9. The van der Waals surface area contributed by atoms with Gasteiger partial charge in [-0.1, -0.05) is 50.3 Å². The highest BCUT2D eigenvalue weighted by molar-refractivity contribution is 5.33. The van der Waals surface area contributed by atoms with E-state index in [-0.39, 0.29) is 0 Å². The Morgan fingerprint density at radius 2 is 1.91 bits per heavy atom. The van der Waals surface area contributed by atoms with Crippen LogP contribution in [0.3, 0.4) is 0 Å². The number of ether oxygens (including phenoxy) is 2. The molecule has 0 spiro atoms. The van der Waals surface area contributed by atoms with E-state index in [0.29, 0.717) is 12.6 Å². The molecule has 3 heteroatoms. The molecule has 23 heavy (non-hydrogen) atoms. The first-order valence-electron chi connectivity index (χ1n) is 9.22. The summed E-state index contributed by atoms with van der Waals surface area (Å²) in [4.78, 5) is 0. The van der Waals surface area contributed by atoms with E-state index in [1.165, 1.54) is 44.1 Å². The second-order valence-corrected chi connectivity index (χ2v) is 6.82. The van der Waals surface area contributed by atoms with Crippen molar-refractivity contribution >= 4 is 0 Å². The summed E-state index contributed by atoms with van der Waals surface area (Å²) in [6.45, 7) is 4.66. The van der Waals surface area contributed by atoms with Crippen molar-refractivity contribution in [3.8, 4) is 5.75 Å². The minimum atomic E-state index is 0.569. The van der Waals surface area contributed by atoms with Crippen molar-refractivity contribution in [2.24, 2.45) is 5.92 Å². The van der Waals surface area contributed by atoms with Crippen LogP contribution in [0.15, 0.2) is 24.3 Å². The molecule has 0 amide bonds. The van der Waals surface area contributed by atoms with Crippen LogP contribution in [0.1, 0.15) is 57.4 Å². The van der Waals surface area contributed by atoms with Crippen LogP contribution >= 0.6 is 0 Å². The number of benzene rings is 1. The Bertz CT molecular complexity index is 429. The topological polar surface area (TPSA) is 30.5 Å². The van der Waals surface area contributed by atoms with E-state index in [9.17, 15) is 0 Å². The summed E-state index contributed by atoms with van der Waals surface area (Å²) in [6, 6.07) is 8.92. The van der Waals surface area contributed by atoms with E-state index in [0.717, 1.165) is 31.2 Å². The summed E-state index contributed by atoms with van der Waals surface area (Å²) < 4.78 is 11.0. The predicted octanol–water partition coefficient (Wildman–Crippen LogP) is 4.55. The Morgan fingerprint density at radius 1 is 1.13 bits per heavy atom. The first kappa shape index (κ1) is 18.3. The molecule has 1 aliphatic rings. The van der Waals surface area contributed by atoms with Crippen molar-refractivity contribution in [2.45, 2.75) is 64.5 Å². The Labute approximate surface area is 141 Å². The lowest BCUT2D eigenvalue weighted by Crippen LogP contribution is -2.28. The summed E-state index contributed by atoms with van der Waals surface area (Å²) in [7, 11) is 1.73. The van der Waals surface area contributed by atoms with Crippen molar-refractivity contribution < 1.29 is 9.47 Å². The number of methoxy groups -OCH3 is 1. The van der Waals surface area contributed by atoms with Gasteiger partial charge in [0.25, 0.3) is 0 Å². The maximum atomic E-state index is 5.90. The van der Waals surface area contributed by atoms with E-state index >= 15 is 0 Å². The Kier molecular flexibility index (Phi) is 8.48. The molecule has 0 saturated heterocycles. The lowest BCUT2D eigenvalue weighted by atomic mass is 9.85. The van der Waals surface area contributed by atoms with Gasteiger partial charge in [-0.15, -0.1) is 0 Å². The van der Waals surface area contributed by atoms with Crippen LogP contribution in [0.5, 0.6) is 5.75 Å². The molecule has 0 bridgehead atoms. The molecular formula is C20H33NO2. The van der Waals surface area contributed by atoms with Crippen LogP contribution in [0.4, 0.5) is 0 Å². The van der Waals surface area contributed by atoms with Crippen LogP contribution in [0.2, 0.25) is 0 Å². The van der Waals surface area contributed by atoms with Gasteiger partial charge in [0.2, 0.25) is 0 Å². The Hall–Kier alpha value is -1.06. The average Bonchev–Trinajstić information content (AvgIpc) is 2.59. The van der Waals surface area contributed by atoms with Crippen molar-refractivity contribution in [1.29, 1.82) is 0 Å². The third-order valence-corrected chi connectivity index (χ3v) is 4.78. The van der Waals surface area contributed by atoms with E-state index < -0.39 is 0 Å². The van der Waals surface area contributed by atoms with Gasteiger partial charge < -0.3 is 14.8 Å². The van der Waals surface area contributed by atoms with Crippen molar-refractivity contribution in [3.63, 3.8) is 0 Å². The molecule has 1 atom stereocenters. The molecule has 1 N–H and O–H groups in total. The van der Waals surface area contributed by atoms with Crippen LogP contribution < -0.4 is 10.1 Å². The predicted molar refractivity (Wildman–Crippen MR) is 95.9 cm³/mol.